The topological polar surface area (TPSA) is 106 Å². The van der Waals surface area contributed by atoms with Crippen molar-refractivity contribution in [3.8, 4) is 11.5 Å². The number of hydrazine groups is 1. The Labute approximate surface area is 158 Å². The Balaban J connectivity index is 1.71. The van der Waals surface area contributed by atoms with E-state index in [4.69, 9.17) is 21.7 Å². The molecule has 1 amide bonds. The van der Waals surface area contributed by atoms with E-state index >= 15 is 0 Å². The summed E-state index contributed by atoms with van der Waals surface area (Å²) >= 11 is 5.10. The monoisotopic (exact) mass is 401 g/mol. The van der Waals surface area contributed by atoms with E-state index in [1.165, 1.54) is 0 Å². The Morgan fingerprint density at radius 1 is 1.23 bits per heavy atom. The number of carbonyl (C=O) groups excluding carboxylic acids is 1. The molecule has 10 heteroatoms. The first-order valence-electron chi connectivity index (χ1n) is 8.09. The molecule has 0 unspecified atom stereocenters. The van der Waals surface area contributed by atoms with Gasteiger partial charge in [0.1, 0.15) is 0 Å². The Bertz CT molecular complexity index is 767. The third kappa shape index (κ3) is 5.73. The average Bonchev–Trinajstić information content (AvgIpc) is 2.99. The van der Waals surface area contributed by atoms with Gasteiger partial charge in [0.05, 0.1) is 31.6 Å². The fourth-order valence-corrected chi connectivity index (χ4v) is 4.52. The van der Waals surface area contributed by atoms with Crippen LogP contribution in [0.1, 0.15) is 12.0 Å². The molecular weight excluding hydrogens is 378 g/mol. The smallest absolute Gasteiger partial charge is 0.242 e. The van der Waals surface area contributed by atoms with Crippen molar-refractivity contribution in [3.05, 3.63) is 23.8 Å². The van der Waals surface area contributed by atoms with Crippen LogP contribution in [0.2, 0.25) is 0 Å². The number of nitrogens with one attached hydrogen (secondary N) is 3. The molecule has 1 aliphatic rings. The standard InChI is InChI=1S/C16H23N3O5S2/c1-23-13-4-3-11(9-14(13)24-2)5-7-17-16(25)19-18-15(20)12-6-8-26(21,22)10-12/h3-4,9,12H,5-8,10H2,1-2H3,(H,18,20)(H2,17,19,25)/t12-/m0/s1. The van der Waals surface area contributed by atoms with Gasteiger partial charge in [0.25, 0.3) is 0 Å². The molecule has 8 nitrogen and oxygen atoms in total. The van der Waals surface area contributed by atoms with Crippen molar-refractivity contribution < 1.29 is 22.7 Å². The predicted octanol–water partition coefficient (Wildman–Crippen LogP) is 0.176. The molecule has 144 valence electrons. The quantitative estimate of drug-likeness (QED) is 0.458. The van der Waals surface area contributed by atoms with Crippen LogP contribution >= 0.6 is 12.2 Å². The summed E-state index contributed by atoms with van der Waals surface area (Å²) in [4.78, 5) is 11.9. The first-order valence-corrected chi connectivity index (χ1v) is 10.3. The summed E-state index contributed by atoms with van der Waals surface area (Å²) in [5.74, 6) is 0.374. The zero-order valence-corrected chi connectivity index (χ0v) is 16.3. The molecule has 0 aliphatic carbocycles. The van der Waals surface area contributed by atoms with Crippen molar-refractivity contribution in [1.82, 2.24) is 16.2 Å². The molecule has 1 atom stereocenters. The van der Waals surface area contributed by atoms with Gasteiger partial charge in [-0.25, -0.2) is 8.42 Å². The van der Waals surface area contributed by atoms with Gasteiger partial charge < -0.3 is 14.8 Å². The SMILES string of the molecule is COc1ccc(CCNC(=S)NNC(=O)[C@H]2CCS(=O)(=O)C2)cc1OC. The first-order chi connectivity index (χ1) is 12.3. The Kier molecular flexibility index (Phi) is 7.04. The van der Waals surface area contributed by atoms with Crippen molar-refractivity contribution in [2.45, 2.75) is 12.8 Å². The lowest BCUT2D eigenvalue weighted by molar-refractivity contribution is -0.124. The molecule has 2 rings (SSSR count). The number of hydrogen-bond donors (Lipinski definition) is 3. The van der Waals surface area contributed by atoms with Gasteiger partial charge in [-0.2, -0.15) is 0 Å². The lowest BCUT2D eigenvalue weighted by Gasteiger charge is -2.14. The van der Waals surface area contributed by atoms with Crippen LogP contribution in [0.15, 0.2) is 18.2 Å². The predicted molar refractivity (Wildman–Crippen MR) is 102 cm³/mol. The van der Waals surface area contributed by atoms with Crippen LogP contribution in [-0.2, 0) is 21.1 Å². The molecule has 3 N–H and O–H groups in total. The van der Waals surface area contributed by atoms with E-state index in [9.17, 15) is 13.2 Å². The van der Waals surface area contributed by atoms with Crippen molar-refractivity contribution in [2.24, 2.45) is 5.92 Å². The summed E-state index contributed by atoms with van der Waals surface area (Å²) in [6.45, 7) is 0.551. The molecule has 1 aliphatic heterocycles. The molecule has 0 radical (unpaired) electrons. The van der Waals surface area contributed by atoms with E-state index in [1.54, 1.807) is 14.2 Å². The van der Waals surface area contributed by atoms with Crippen LogP contribution in [0.5, 0.6) is 11.5 Å². The molecule has 0 saturated carbocycles. The number of hydrogen-bond acceptors (Lipinski definition) is 6. The maximum Gasteiger partial charge on any atom is 0.242 e. The van der Waals surface area contributed by atoms with E-state index < -0.39 is 15.8 Å². The first kappa shape index (κ1) is 20.2. The number of ether oxygens (including phenoxy) is 2. The van der Waals surface area contributed by atoms with Crippen LogP contribution < -0.4 is 25.6 Å². The second-order valence-electron chi connectivity index (χ2n) is 5.91. The van der Waals surface area contributed by atoms with Gasteiger partial charge in [-0.15, -0.1) is 0 Å². The molecule has 0 spiro atoms. The fraction of sp³-hybridized carbons (Fsp3) is 0.500. The number of carbonyl (C=O) groups is 1. The van der Waals surface area contributed by atoms with Gasteiger partial charge in [-0.3, -0.25) is 15.6 Å². The third-order valence-corrected chi connectivity index (χ3v) is 6.06. The van der Waals surface area contributed by atoms with Gasteiger partial charge in [0.15, 0.2) is 26.4 Å². The van der Waals surface area contributed by atoms with E-state index in [2.05, 4.69) is 16.2 Å². The molecule has 26 heavy (non-hydrogen) atoms. The van der Waals surface area contributed by atoms with Gasteiger partial charge in [0.2, 0.25) is 5.91 Å². The van der Waals surface area contributed by atoms with E-state index in [1.807, 2.05) is 18.2 Å². The summed E-state index contributed by atoms with van der Waals surface area (Å²) in [6, 6.07) is 5.65. The summed E-state index contributed by atoms with van der Waals surface area (Å²) in [5, 5.41) is 3.24. The van der Waals surface area contributed by atoms with Gasteiger partial charge >= 0.3 is 0 Å². The summed E-state index contributed by atoms with van der Waals surface area (Å²) in [5.41, 5.74) is 6.09. The van der Waals surface area contributed by atoms with Gasteiger partial charge in [-0.1, -0.05) is 6.07 Å². The second kappa shape index (κ2) is 9.04. The molecule has 1 aromatic rings. The van der Waals surface area contributed by atoms with Crippen molar-refractivity contribution in [3.63, 3.8) is 0 Å². The van der Waals surface area contributed by atoms with Gasteiger partial charge in [-0.05, 0) is 42.8 Å². The maximum absolute atomic E-state index is 11.9. The minimum absolute atomic E-state index is 0.0547. The highest BCUT2D eigenvalue weighted by atomic mass is 32.2. The third-order valence-electron chi connectivity index (χ3n) is 4.05. The largest absolute Gasteiger partial charge is 0.493 e. The Hall–Kier alpha value is -2.07. The Morgan fingerprint density at radius 3 is 2.58 bits per heavy atom. The summed E-state index contributed by atoms with van der Waals surface area (Å²) in [6.07, 6.45) is 1.03. The molecule has 1 fully saturated rings. The van der Waals surface area contributed by atoms with Crippen LogP contribution in [0.3, 0.4) is 0 Å². The van der Waals surface area contributed by atoms with Gasteiger partial charge in [0, 0.05) is 6.54 Å². The second-order valence-corrected chi connectivity index (χ2v) is 8.55. The molecule has 1 saturated heterocycles. The van der Waals surface area contributed by atoms with Crippen LogP contribution in [0, 0.1) is 5.92 Å². The van der Waals surface area contributed by atoms with Crippen LogP contribution in [-0.4, -0.2) is 51.7 Å². The average molecular weight is 402 g/mol. The Morgan fingerprint density at radius 2 is 1.96 bits per heavy atom. The molecule has 1 heterocycles. The summed E-state index contributed by atoms with van der Waals surface area (Å²) in [7, 11) is 0.0714. The molecule has 0 aromatic heterocycles. The molecular formula is C16H23N3O5S2. The lowest BCUT2D eigenvalue weighted by atomic mass is 10.1. The molecule has 1 aromatic carbocycles. The molecule has 0 bridgehead atoms. The number of sulfone groups is 1. The van der Waals surface area contributed by atoms with Crippen LogP contribution in [0.4, 0.5) is 0 Å². The zero-order chi connectivity index (χ0) is 19.2. The maximum atomic E-state index is 11.9. The van der Waals surface area contributed by atoms with Crippen LogP contribution in [0.25, 0.3) is 0 Å². The van der Waals surface area contributed by atoms with E-state index in [0.717, 1.165) is 5.56 Å². The minimum atomic E-state index is -3.09. The van der Waals surface area contributed by atoms with E-state index in [0.29, 0.717) is 30.9 Å². The number of rotatable bonds is 6. The highest BCUT2D eigenvalue weighted by Gasteiger charge is 2.32. The van der Waals surface area contributed by atoms with Crippen molar-refractivity contribution in [2.75, 3.05) is 32.3 Å². The van der Waals surface area contributed by atoms with Crippen molar-refractivity contribution in [1.29, 1.82) is 0 Å². The number of benzene rings is 1. The highest BCUT2D eigenvalue weighted by molar-refractivity contribution is 7.91. The number of amides is 1. The highest BCUT2D eigenvalue weighted by Crippen LogP contribution is 2.27. The van der Waals surface area contributed by atoms with Crippen molar-refractivity contribution >= 4 is 33.1 Å². The lowest BCUT2D eigenvalue weighted by Crippen LogP contribution is -2.49. The normalized spacial score (nSPS) is 18.0. The minimum Gasteiger partial charge on any atom is -0.493 e. The number of thiocarbonyl (C=S) groups is 1. The fourth-order valence-electron chi connectivity index (χ4n) is 2.62. The summed E-state index contributed by atoms with van der Waals surface area (Å²) < 4.78 is 33.2. The number of methoxy groups -OCH3 is 2. The van der Waals surface area contributed by atoms with E-state index in [-0.39, 0.29) is 22.5 Å². The zero-order valence-electron chi connectivity index (χ0n) is 14.7.